The highest BCUT2D eigenvalue weighted by Crippen LogP contribution is 2.43. The number of benzene rings is 1. The quantitative estimate of drug-likeness (QED) is 0.401. The molecule has 4 N–H and O–H groups in total. The largest absolute Gasteiger partial charge is 0.446 e. The second kappa shape index (κ2) is 11.9. The van der Waals surface area contributed by atoms with Crippen molar-refractivity contribution in [2.45, 2.75) is 96.6 Å². The number of carbonyl (C=O) groups is 3. The van der Waals surface area contributed by atoms with Crippen LogP contribution in [0.3, 0.4) is 0 Å². The third-order valence-corrected chi connectivity index (χ3v) is 9.67. The van der Waals surface area contributed by atoms with Crippen LogP contribution in [0.4, 0.5) is 14.9 Å². The van der Waals surface area contributed by atoms with Crippen LogP contribution >= 0.6 is 0 Å². The Balaban J connectivity index is 1.17. The van der Waals surface area contributed by atoms with Crippen molar-refractivity contribution >= 4 is 23.5 Å². The number of anilines is 1. The number of carbonyl (C=O) groups excluding carboxylic acids is 3. The number of hydrogen-bond donors (Lipinski definition) is 3. The highest BCUT2D eigenvalue weighted by Gasteiger charge is 2.39. The van der Waals surface area contributed by atoms with E-state index in [0.29, 0.717) is 50.0 Å². The summed E-state index contributed by atoms with van der Waals surface area (Å²) in [4.78, 5) is 40.3. The number of hydrogen-bond acceptors (Lipinski definition) is 6. The molecule has 1 aromatic heterocycles. The van der Waals surface area contributed by atoms with Gasteiger partial charge in [-0.1, -0.05) is 13.8 Å². The van der Waals surface area contributed by atoms with Gasteiger partial charge in [0, 0.05) is 42.5 Å². The Labute approximate surface area is 252 Å². The molecular weight excluding hydrogens is 549 g/mol. The molecule has 0 spiro atoms. The lowest BCUT2D eigenvalue weighted by Gasteiger charge is -2.31. The van der Waals surface area contributed by atoms with Crippen LogP contribution in [0.2, 0.25) is 0 Å². The molecule has 0 bridgehead atoms. The van der Waals surface area contributed by atoms with Gasteiger partial charge in [-0.25, -0.2) is 9.18 Å². The minimum atomic E-state index is -0.828. The first kappa shape index (κ1) is 29.7. The molecule has 2 heterocycles. The summed E-state index contributed by atoms with van der Waals surface area (Å²) < 4.78 is 23.4. The van der Waals surface area contributed by atoms with E-state index in [0.717, 1.165) is 67.8 Å². The van der Waals surface area contributed by atoms with Crippen molar-refractivity contribution < 1.29 is 23.5 Å². The molecule has 3 aliphatic carbocycles. The lowest BCUT2D eigenvalue weighted by molar-refractivity contribution is 0.0727. The van der Waals surface area contributed by atoms with Crippen LogP contribution in [0.5, 0.6) is 0 Å². The van der Waals surface area contributed by atoms with Gasteiger partial charge in [-0.2, -0.15) is 0 Å². The van der Waals surface area contributed by atoms with E-state index >= 15 is 4.39 Å². The number of nitrogens with zero attached hydrogens (tertiary/aromatic N) is 2. The number of rotatable bonds is 8. The summed E-state index contributed by atoms with van der Waals surface area (Å²) in [6.07, 6.45) is 8.47. The van der Waals surface area contributed by atoms with Gasteiger partial charge < -0.3 is 30.6 Å². The van der Waals surface area contributed by atoms with E-state index in [-0.39, 0.29) is 35.0 Å². The number of ether oxygens (including phenoxy) is 1. The fourth-order valence-electron chi connectivity index (χ4n) is 7.69. The van der Waals surface area contributed by atoms with Crippen LogP contribution in [-0.4, -0.2) is 65.6 Å². The number of fused-ring (bicyclic) bond motifs is 3. The fourth-order valence-corrected chi connectivity index (χ4v) is 7.69. The molecule has 9 nitrogen and oxygen atoms in total. The van der Waals surface area contributed by atoms with Gasteiger partial charge in [-0.05, 0) is 100 Å². The number of primary amides is 1. The first-order chi connectivity index (χ1) is 20.6. The first-order valence-corrected chi connectivity index (χ1v) is 16.0. The average molecular weight is 594 g/mol. The third-order valence-electron chi connectivity index (χ3n) is 9.67. The van der Waals surface area contributed by atoms with Crippen molar-refractivity contribution in [1.82, 2.24) is 14.8 Å². The molecule has 1 aliphatic heterocycles. The number of nitrogens with two attached hydrogens (primary N) is 1. The number of alkyl carbamates (subject to hydrolysis) is 1. The zero-order chi connectivity index (χ0) is 30.3. The molecule has 2 fully saturated rings. The second-order valence-electron chi connectivity index (χ2n) is 13.6. The van der Waals surface area contributed by atoms with Crippen LogP contribution in [0.15, 0.2) is 12.1 Å². The highest BCUT2D eigenvalue weighted by atomic mass is 19.1. The van der Waals surface area contributed by atoms with Gasteiger partial charge in [0.15, 0.2) is 5.78 Å². The molecular formula is C33H44FN5O4. The van der Waals surface area contributed by atoms with E-state index in [2.05, 4.69) is 33.9 Å². The van der Waals surface area contributed by atoms with Gasteiger partial charge in [-0.3, -0.25) is 9.59 Å². The molecule has 4 aliphatic rings. The Morgan fingerprint density at radius 1 is 1.05 bits per heavy atom. The predicted molar refractivity (Wildman–Crippen MR) is 163 cm³/mol. The molecule has 1 saturated carbocycles. The lowest BCUT2D eigenvalue weighted by atomic mass is 9.75. The SMILES string of the molecule is CC1(C)CC(=O)c2c3c(n(-c4cc(F)c(C(N)=O)c(NC5CCC(OC(=O)NCCN6CCCC6)CC5)c4)c2C1)CCC3. The molecule has 0 radical (unpaired) electrons. The molecule has 0 atom stereocenters. The summed E-state index contributed by atoms with van der Waals surface area (Å²) in [5, 5.41) is 6.27. The van der Waals surface area contributed by atoms with E-state index in [1.807, 2.05) is 6.07 Å². The average Bonchev–Trinajstić information content (AvgIpc) is 3.66. The number of Topliss-reactive ketones (excluding diaryl/α,β-unsaturated/α-hetero) is 1. The zero-order valence-electron chi connectivity index (χ0n) is 25.4. The maximum absolute atomic E-state index is 15.6. The topological polar surface area (TPSA) is 119 Å². The molecule has 1 saturated heterocycles. The highest BCUT2D eigenvalue weighted by molar-refractivity contribution is 6.01. The van der Waals surface area contributed by atoms with Crippen molar-refractivity contribution in [1.29, 1.82) is 0 Å². The zero-order valence-corrected chi connectivity index (χ0v) is 25.4. The number of nitrogens with one attached hydrogen (secondary N) is 2. The molecule has 6 rings (SSSR count). The summed E-state index contributed by atoms with van der Waals surface area (Å²) in [5.74, 6) is -1.34. The van der Waals surface area contributed by atoms with Crippen LogP contribution in [-0.2, 0) is 24.0 Å². The van der Waals surface area contributed by atoms with Crippen molar-refractivity contribution in [3.63, 3.8) is 0 Å². The first-order valence-electron chi connectivity index (χ1n) is 16.0. The van der Waals surface area contributed by atoms with Gasteiger partial charge in [-0.15, -0.1) is 0 Å². The Morgan fingerprint density at radius 3 is 2.51 bits per heavy atom. The summed E-state index contributed by atoms with van der Waals surface area (Å²) in [6.45, 7) is 7.79. The number of halogens is 1. The molecule has 0 unspecified atom stereocenters. The van der Waals surface area contributed by atoms with Gasteiger partial charge in [0.2, 0.25) is 0 Å². The van der Waals surface area contributed by atoms with Gasteiger partial charge >= 0.3 is 6.09 Å². The van der Waals surface area contributed by atoms with Crippen molar-refractivity contribution in [3.8, 4) is 5.69 Å². The Kier molecular flexibility index (Phi) is 8.24. The third kappa shape index (κ3) is 6.16. The second-order valence-corrected chi connectivity index (χ2v) is 13.6. The number of likely N-dealkylation sites (tertiary alicyclic amines) is 1. The predicted octanol–water partition coefficient (Wildman–Crippen LogP) is 4.90. The van der Waals surface area contributed by atoms with Gasteiger partial charge in [0.1, 0.15) is 11.9 Å². The van der Waals surface area contributed by atoms with Crippen molar-refractivity contribution in [2.75, 3.05) is 31.5 Å². The normalized spacial score (nSPS) is 23.1. The van der Waals surface area contributed by atoms with Crippen LogP contribution in [0.25, 0.3) is 5.69 Å². The fraction of sp³-hybridized carbons (Fsp3) is 0.606. The standard InChI is InChI=1S/C33H44FN5O4/c1-33(2)18-27-29(28(40)19-33)23-6-5-7-26(23)39(27)21-16-24(34)30(31(35)41)25(17-21)37-20-8-10-22(11-9-20)43-32(42)36-12-15-38-13-3-4-14-38/h16-17,20,22,37H,3-15,18-19H2,1-2H3,(H2,35,41)(H,36,42). The van der Waals surface area contributed by atoms with E-state index in [4.69, 9.17) is 10.5 Å². The number of amides is 2. The summed E-state index contributed by atoms with van der Waals surface area (Å²) in [7, 11) is 0. The minimum absolute atomic E-state index is 0.0318. The van der Waals surface area contributed by atoms with Crippen LogP contribution in [0, 0.1) is 11.2 Å². The lowest BCUT2D eigenvalue weighted by Crippen LogP contribution is -2.37. The number of ketones is 1. The van der Waals surface area contributed by atoms with Crippen LogP contribution in [0.1, 0.15) is 103 Å². The Morgan fingerprint density at radius 2 is 1.79 bits per heavy atom. The number of aromatic nitrogens is 1. The molecule has 2 amide bonds. The minimum Gasteiger partial charge on any atom is -0.446 e. The van der Waals surface area contributed by atoms with E-state index < -0.39 is 11.7 Å². The van der Waals surface area contributed by atoms with Crippen molar-refractivity contribution in [2.24, 2.45) is 11.1 Å². The smallest absolute Gasteiger partial charge is 0.407 e. The molecule has 1 aromatic carbocycles. The van der Waals surface area contributed by atoms with E-state index in [1.165, 1.54) is 18.9 Å². The Bertz CT molecular complexity index is 1420. The summed E-state index contributed by atoms with van der Waals surface area (Å²) in [6, 6.07) is 3.16. The molecule has 232 valence electrons. The Hall–Kier alpha value is -3.40. The molecule has 10 heteroatoms. The maximum atomic E-state index is 15.6. The summed E-state index contributed by atoms with van der Waals surface area (Å²) >= 11 is 0. The monoisotopic (exact) mass is 593 g/mol. The van der Waals surface area contributed by atoms with E-state index in [1.54, 1.807) is 0 Å². The van der Waals surface area contributed by atoms with Gasteiger partial charge in [0.05, 0.1) is 16.9 Å². The summed E-state index contributed by atoms with van der Waals surface area (Å²) in [5.41, 5.74) is 10.2. The van der Waals surface area contributed by atoms with Crippen molar-refractivity contribution in [3.05, 3.63) is 46.0 Å². The van der Waals surface area contributed by atoms with E-state index in [9.17, 15) is 14.4 Å². The van der Waals surface area contributed by atoms with Crippen LogP contribution < -0.4 is 16.4 Å². The molecule has 2 aromatic rings. The molecule has 43 heavy (non-hydrogen) atoms. The van der Waals surface area contributed by atoms with Gasteiger partial charge in [0.25, 0.3) is 5.91 Å². The maximum Gasteiger partial charge on any atom is 0.407 e.